The highest BCUT2D eigenvalue weighted by Crippen LogP contribution is 2.30. The molecule has 2 heterocycles. The van der Waals surface area contributed by atoms with E-state index in [1.165, 1.54) is 13.2 Å². The van der Waals surface area contributed by atoms with Crippen molar-refractivity contribution in [3.63, 3.8) is 0 Å². The minimum Gasteiger partial charge on any atom is -0.466 e. The second-order valence-corrected chi connectivity index (χ2v) is 4.80. The first kappa shape index (κ1) is 13.3. The highest BCUT2D eigenvalue weighted by atomic mass is 16.7. The Bertz CT molecular complexity index is 754. The van der Waals surface area contributed by atoms with Crippen LogP contribution in [0.5, 0.6) is 0 Å². The summed E-state index contributed by atoms with van der Waals surface area (Å²) < 4.78 is 4.76. The summed E-state index contributed by atoms with van der Waals surface area (Å²) in [5.74, 6) is -0.501. The molecule has 5 heteroatoms. The molecule has 0 fully saturated rings. The van der Waals surface area contributed by atoms with Crippen molar-refractivity contribution in [2.45, 2.75) is 12.0 Å². The molecule has 1 aromatic heterocycles. The predicted octanol–water partition coefficient (Wildman–Crippen LogP) is 2.46. The van der Waals surface area contributed by atoms with Crippen LogP contribution in [-0.4, -0.2) is 29.4 Å². The average Bonchev–Trinajstić information content (AvgIpc) is 2.99. The van der Waals surface area contributed by atoms with Crippen molar-refractivity contribution in [1.29, 1.82) is 0 Å². The number of aromatic nitrogens is 1. The van der Waals surface area contributed by atoms with Gasteiger partial charge in [0.2, 0.25) is 0 Å². The Morgan fingerprint density at radius 2 is 2.33 bits per heavy atom. The van der Waals surface area contributed by atoms with Gasteiger partial charge in [-0.1, -0.05) is 23.9 Å². The van der Waals surface area contributed by atoms with Crippen molar-refractivity contribution in [1.82, 2.24) is 4.98 Å². The van der Waals surface area contributed by atoms with Crippen LogP contribution in [0.1, 0.15) is 12.0 Å². The van der Waals surface area contributed by atoms with Gasteiger partial charge in [-0.25, -0.2) is 4.79 Å². The zero-order valence-electron chi connectivity index (χ0n) is 11.6. The highest BCUT2D eigenvalue weighted by Gasteiger charge is 2.45. The Morgan fingerprint density at radius 1 is 1.48 bits per heavy atom. The molecule has 0 saturated heterocycles. The van der Waals surface area contributed by atoms with Gasteiger partial charge < -0.3 is 9.57 Å². The van der Waals surface area contributed by atoms with Crippen LogP contribution in [0.2, 0.25) is 0 Å². The predicted molar refractivity (Wildman–Crippen MR) is 78.9 cm³/mol. The van der Waals surface area contributed by atoms with Gasteiger partial charge in [-0.05, 0) is 24.3 Å². The number of methoxy groups -OCH3 is 1. The molecule has 1 atom stereocenters. The maximum atomic E-state index is 11.9. The second kappa shape index (κ2) is 5.01. The number of carbonyl (C=O) groups excluding carboxylic acids is 1. The van der Waals surface area contributed by atoms with Gasteiger partial charge in [0.1, 0.15) is 0 Å². The Labute approximate surface area is 121 Å². The van der Waals surface area contributed by atoms with Crippen LogP contribution in [-0.2, 0) is 14.4 Å². The number of hydrogen-bond acceptors (Lipinski definition) is 5. The molecule has 0 aliphatic carbocycles. The SMILES string of the molecule is C=CC1(C(=O)OC)CC(c2ccc3ncccc3c2)=NO1. The number of esters is 1. The summed E-state index contributed by atoms with van der Waals surface area (Å²) in [5.41, 5.74) is 1.26. The van der Waals surface area contributed by atoms with Crippen molar-refractivity contribution in [3.8, 4) is 0 Å². The van der Waals surface area contributed by atoms with E-state index < -0.39 is 11.6 Å². The Balaban J connectivity index is 1.94. The third kappa shape index (κ3) is 2.16. The summed E-state index contributed by atoms with van der Waals surface area (Å²) in [4.78, 5) is 21.4. The molecule has 0 radical (unpaired) electrons. The standard InChI is InChI=1S/C16H14N2O3/c1-3-16(15(19)20-2)10-14(18-21-16)12-6-7-13-11(9-12)5-4-8-17-13/h3-9H,1,10H2,2H3. The number of hydrogen-bond donors (Lipinski definition) is 0. The number of rotatable bonds is 3. The third-order valence-corrected chi connectivity index (χ3v) is 3.55. The molecule has 0 N–H and O–H groups in total. The number of pyridine rings is 1. The molecule has 0 amide bonds. The molecule has 5 nitrogen and oxygen atoms in total. The molecule has 106 valence electrons. The minimum absolute atomic E-state index is 0.301. The van der Waals surface area contributed by atoms with Gasteiger partial charge in [-0.3, -0.25) is 4.98 Å². The summed E-state index contributed by atoms with van der Waals surface area (Å²) in [7, 11) is 1.32. The fraction of sp³-hybridized carbons (Fsp3) is 0.188. The lowest BCUT2D eigenvalue weighted by atomic mass is 9.94. The second-order valence-electron chi connectivity index (χ2n) is 4.80. The van der Waals surface area contributed by atoms with E-state index in [0.717, 1.165) is 16.5 Å². The summed E-state index contributed by atoms with van der Waals surface area (Å²) >= 11 is 0. The maximum absolute atomic E-state index is 11.9. The van der Waals surface area contributed by atoms with E-state index in [1.807, 2.05) is 30.3 Å². The number of benzene rings is 1. The van der Waals surface area contributed by atoms with Crippen LogP contribution >= 0.6 is 0 Å². The van der Waals surface area contributed by atoms with Crippen LogP contribution < -0.4 is 0 Å². The maximum Gasteiger partial charge on any atom is 0.357 e. The van der Waals surface area contributed by atoms with Gasteiger partial charge in [0.25, 0.3) is 5.60 Å². The van der Waals surface area contributed by atoms with Crippen LogP contribution in [0.25, 0.3) is 10.9 Å². The Hall–Kier alpha value is -2.69. The lowest BCUT2D eigenvalue weighted by molar-refractivity contribution is -0.160. The quantitative estimate of drug-likeness (QED) is 0.641. The average molecular weight is 282 g/mol. The first-order valence-corrected chi connectivity index (χ1v) is 6.51. The molecule has 0 spiro atoms. The molecule has 0 bridgehead atoms. The summed E-state index contributed by atoms with van der Waals surface area (Å²) in [6.07, 6.45) is 3.48. The van der Waals surface area contributed by atoms with Crippen LogP contribution in [0.15, 0.2) is 54.3 Å². The highest BCUT2D eigenvalue weighted by molar-refractivity contribution is 6.07. The van der Waals surface area contributed by atoms with Crippen molar-refractivity contribution >= 4 is 22.6 Å². The Kier molecular flexibility index (Phi) is 3.17. The van der Waals surface area contributed by atoms with E-state index >= 15 is 0 Å². The van der Waals surface area contributed by atoms with E-state index in [0.29, 0.717) is 12.1 Å². The van der Waals surface area contributed by atoms with Crippen LogP contribution in [0.3, 0.4) is 0 Å². The van der Waals surface area contributed by atoms with Gasteiger partial charge in [-0.2, -0.15) is 0 Å². The molecule has 21 heavy (non-hydrogen) atoms. The molecular weight excluding hydrogens is 268 g/mol. The number of ether oxygens (including phenoxy) is 1. The molecule has 1 aliphatic rings. The molecule has 1 aliphatic heterocycles. The van der Waals surface area contributed by atoms with E-state index in [-0.39, 0.29) is 0 Å². The summed E-state index contributed by atoms with van der Waals surface area (Å²) in [5, 5.41) is 5.04. The van der Waals surface area contributed by atoms with Gasteiger partial charge in [0.15, 0.2) is 0 Å². The van der Waals surface area contributed by atoms with E-state index in [9.17, 15) is 4.79 Å². The van der Waals surface area contributed by atoms with E-state index in [1.54, 1.807) is 6.20 Å². The van der Waals surface area contributed by atoms with Gasteiger partial charge in [0, 0.05) is 17.1 Å². The lowest BCUT2D eigenvalue weighted by Crippen LogP contribution is -2.37. The van der Waals surface area contributed by atoms with Crippen molar-refractivity contribution < 1.29 is 14.4 Å². The van der Waals surface area contributed by atoms with Crippen LogP contribution in [0.4, 0.5) is 0 Å². The van der Waals surface area contributed by atoms with Crippen LogP contribution in [0, 0.1) is 0 Å². The van der Waals surface area contributed by atoms with E-state index in [2.05, 4.69) is 16.7 Å². The molecular formula is C16H14N2O3. The zero-order valence-corrected chi connectivity index (χ0v) is 11.6. The zero-order chi connectivity index (χ0) is 14.9. The first-order chi connectivity index (χ1) is 10.2. The smallest absolute Gasteiger partial charge is 0.357 e. The van der Waals surface area contributed by atoms with Gasteiger partial charge in [0.05, 0.1) is 24.8 Å². The molecule has 1 unspecified atom stereocenters. The minimum atomic E-state index is -1.23. The van der Waals surface area contributed by atoms with Gasteiger partial charge in [-0.15, -0.1) is 0 Å². The summed E-state index contributed by atoms with van der Waals surface area (Å²) in [6, 6.07) is 9.65. The van der Waals surface area contributed by atoms with Crippen molar-refractivity contribution in [2.24, 2.45) is 5.16 Å². The lowest BCUT2D eigenvalue weighted by Gasteiger charge is -2.18. The normalized spacial score (nSPS) is 20.7. The van der Waals surface area contributed by atoms with Crippen molar-refractivity contribution in [2.75, 3.05) is 7.11 Å². The first-order valence-electron chi connectivity index (χ1n) is 6.51. The van der Waals surface area contributed by atoms with Gasteiger partial charge >= 0.3 is 5.97 Å². The molecule has 1 aromatic carbocycles. The topological polar surface area (TPSA) is 60.8 Å². The monoisotopic (exact) mass is 282 g/mol. The number of carbonyl (C=O) groups is 1. The number of oxime groups is 1. The van der Waals surface area contributed by atoms with Crippen molar-refractivity contribution in [3.05, 3.63) is 54.7 Å². The Morgan fingerprint density at radius 3 is 3.10 bits per heavy atom. The molecule has 0 saturated carbocycles. The largest absolute Gasteiger partial charge is 0.466 e. The number of nitrogens with zero attached hydrogens (tertiary/aromatic N) is 2. The molecule has 3 rings (SSSR count). The van der Waals surface area contributed by atoms with E-state index in [4.69, 9.17) is 9.57 Å². The number of fused-ring (bicyclic) bond motifs is 1. The fourth-order valence-electron chi connectivity index (χ4n) is 2.33. The third-order valence-electron chi connectivity index (χ3n) is 3.55. The summed E-state index contributed by atoms with van der Waals surface area (Å²) in [6.45, 7) is 3.65. The fourth-order valence-corrected chi connectivity index (χ4v) is 2.33. The molecule has 2 aromatic rings.